The third-order valence-corrected chi connectivity index (χ3v) is 15.6. The molecule has 2 aliphatic heterocycles. The summed E-state index contributed by atoms with van der Waals surface area (Å²) in [4.78, 5) is 46.5. The minimum absolute atomic E-state index is 0.0656. The number of esters is 1. The van der Waals surface area contributed by atoms with Crippen LogP contribution in [0.4, 0.5) is 5.13 Å². The summed E-state index contributed by atoms with van der Waals surface area (Å²) in [6, 6.07) is 28.7. The highest BCUT2D eigenvalue weighted by molar-refractivity contribution is 7.89. The maximum absolute atomic E-state index is 14.9. The number of hydrogen-bond donors (Lipinski definition) is 1. The average Bonchev–Trinajstić information content (AvgIpc) is 3.72. The minimum atomic E-state index is -4.52. The summed E-state index contributed by atoms with van der Waals surface area (Å²) < 4.78 is 54.7. The molecule has 0 fully saturated rings. The van der Waals surface area contributed by atoms with E-state index in [-0.39, 0.29) is 48.6 Å². The molecule has 3 atom stereocenters. The summed E-state index contributed by atoms with van der Waals surface area (Å²) in [5, 5.41) is 4.28. The lowest BCUT2D eigenvalue weighted by atomic mass is 9.94. The zero-order valence-corrected chi connectivity index (χ0v) is 40.7. The van der Waals surface area contributed by atoms with Crippen molar-refractivity contribution in [2.24, 2.45) is 0 Å². The number of halogens is 3. The number of methoxy groups -OCH3 is 1. The van der Waals surface area contributed by atoms with Crippen LogP contribution in [0.5, 0.6) is 17.2 Å². The van der Waals surface area contributed by atoms with Gasteiger partial charge in [0.05, 0.1) is 17.2 Å². The first-order chi connectivity index (χ1) is 32.1. The van der Waals surface area contributed by atoms with Crippen molar-refractivity contribution in [2.75, 3.05) is 25.2 Å². The van der Waals surface area contributed by atoms with Gasteiger partial charge >= 0.3 is 5.97 Å². The van der Waals surface area contributed by atoms with Crippen LogP contribution >= 0.6 is 46.1 Å². The Bertz CT molecular complexity index is 2930. The van der Waals surface area contributed by atoms with E-state index < -0.39 is 40.1 Å². The molecule has 18 heteroatoms. The molecular weight excluding hydrogens is 959 g/mol. The van der Waals surface area contributed by atoms with E-state index >= 15 is 0 Å². The molecule has 2 amide bonds. The van der Waals surface area contributed by atoms with E-state index in [9.17, 15) is 22.8 Å². The summed E-state index contributed by atoms with van der Waals surface area (Å²) in [7, 11) is -3.30. The Hall–Kier alpha value is -5.68. The number of anilines is 1. The molecule has 6 aromatic rings. The third-order valence-electron chi connectivity index (χ3n) is 11.6. The van der Waals surface area contributed by atoms with Gasteiger partial charge in [0.1, 0.15) is 31.0 Å². The Morgan fingerprint density at radius 2 is 1.57 bits per heavy atom. The number of nitrogens with one attached hydrogen (secondary N) is 1. The van der Waals surface area contributed by atoms with Crippen molar-refractivity contribution in [1.29, 1.82) is 0 Å². The van der Waals surface area contributed by atoms with Crippen LogP contribution in [0, 0.1) is 6.92 Å². The number of fused-ring (bicyclic) bond motifs is 2. The summed E-state index contributed by atoms with van der Waals surface area (Å²) in [6.45, 7) is 5.25. The highest BCUT2D eigenvalue weighted by atomic mass is 35.5. The summed E-state index contributed by atoms with van der Waals surface area (Å²) in [5.74, 6) is -0.250. The number of aryl methyl sites for hydroxylation is 1. The number of nitrogens with zero attached hydrogens (tertiary/aromatic N) is 3. The Labute approximate surface area is 407 Å². The van der Waals surface area contributed by atoms with Gasteiger partial charge in [-0.1, -0.05) is 89.4 Å². The molecule has 2 aliphatic rings. The van der Waals surface area contributed by atoms with Crippen molar-refractivity contribution in [3.63, 3.8) is 0 Å². The zero-order chi connectivity index (χ0) is 47.6. The molecule has 1 aromatic heterocycles. The van der Waals surface area contributed by atoms with Crippen molar-refractivity contribution >= 4 is 79.1 Å². The predicted molar refractivity (Wildman–Crippen MR) is 258 cm³/mol. The topological polar surface area (TPSA) is 154 Å². The molecule has 0 saturated carbocycles. The van der Waals surface area contributed by atoms with Crippen LogP contribution in [0.25, 0.3) is 11.1 Å². The molecule has 67 heavy (non-hydrogen) atoms. The number of sulfonamides is 1. The molecule has 0 bridgehead atoms. The van der Waals surface area contributed by atoms with Crippen LogP contribution in [0.15, 0.2) is 108 Å². The van der Waals surface area contributed by atoms with Crippen molar-refractivity contribution in [1.82, 2.24) is 14.6 Å². The lowest BCUT2D eigenvalue weighted by Crippen LogP contribution is -2.56. The number of carbonyl (C=O) groups excluding carboxylic acids is 3. The summed E-state index contributed by atoms with van der Waals surface area (Å²) in [5.41, 5.74) is 5.54. The quantitative estimate of drug-likeness (QED) is 0.104. The van der Waals surface area contributed by atoms with Gasteiger partial charge in [-0.3, -0.25) is 14.5 Å². The second-order valence-electron chi connectivity index (χ2n) is 16.0. The largest absolute Gasteiger partial charge is 0.489 e. The Morgan fingerprint density at radius 3 is 2.22 bits per heavy atom. The fourth-order valence-corrected chi connectivity index (χ4v) is 11.4. The monoisotopic (exact) mass is 1000 g/mol. The number of aromatic nitrogens is 1. The first kappa shape index (κ1) is 47.8. The van der Waals surface area contributed by atoms with Crippen molar-refractivity contribution in [3.8, 4) is 28.4 Å². The normalized spacial score (nSPS) is 16.1. The Kier molecular flexibility index (Phi) is 14.5. The fourth-order valence-electron chi connectivity index (χ4n) is 7.98. The summed E-state index contributed by atoms with van der Waals surface area (Å²) >= 11 is 19.4. The molecule has 0 spiro atoms. The average molecular weight is 1000 g/mol. The van der Waals surface area contributed by atoms with E-state index in [2.05, 4.69) is 10.3 Å². The number of thiazole rings is 1. The highest BCUT2D eigenvalue weighted by Gasteiger charge is 2.44. The molecule has 348 valence electrons. The van der Waals surface area contributed by atoms with E-state index in [1.54, 1.807) is 50.2 Å². The maximum Gasteiger partial charge on any atom is 0.328 e. The highest BCUT2D eigenvalue weighted by Crippen LogP contribution is 2.42. The van der Waals surface area contributed by atoms with Crippen LogP contribution in [0.3, 0.4) is 0 Å². The molecule has 0 aliphatic carbocycles. The number of carbonyl (C=O) groups is 3. The van der Waals surface area contributed by atoms with Gasteiger partial charge < -0.3 is 24.3 Å². The molecular formula is C49H45Cl3N4O9S2. The lowest BCUT2D eigenvalue weighted by Gasteiger charge is -2.36. The van der Waals surface area contributed by atoms with Gasteiger partial charge in [0, 0.05) is 36.3 Å². The molecule has 8 rings (SSSR count). The van der Waals surface area contributed by atoms with Gasteiger partial charge in [-0.15, -0.1) is 11.3 Å². The van der Waals surface area contributed by atoms with Gasteiger partial charge in [-0.25, -0.2) is 18.2 Å². The van der Waals surface area contributed by atoms with Crippen molar-refractivity contribution in [2.45, 2.75) is 70.0 Å². The summed E-state index contributed by atoms with van der Waals surface area (Å²) in [6.07, 6.45) is -0.506. The molecule has 5 aromatic carbocycles. The SMILES string of the molecule is CCN(C(C)=O)c1nc(S(=O)(=O)N2Cc3cc4c(cc3C[C@H]2C(=O)NC(Cc2ccc(-c3ccc(Cl)cc3)cc2)C(=O)OC)OC[C@H](c2ccc(OCc3ccc(Cl)c(Cl)c3)cc2)O4)c(C)s1. The van der Waals surface area contributed by atoms with Gasteiger partial charge in [0.25, 0.3) is 10.0 Å². The van der Waals surface area contributed by atoms with Crippen molar-refractivity contribution < 1.29 is 41.7 Å². The minimum Gasteiger partial charge on any atom is -0.489 e. The second kappa shape index (κ2) is 20.3. The molecule has 1 unspecified atom stereocenters. The molecule has 0 saturated heterocycles. The first-order valence-corrected chi connectivity index (χ1v) is 24.6. The predicted octanol–water partition coefficient (Wildman–Crippen LogP) is 9.56. The number of hydrogen-bond acceptors (Lipinski definition) is 11. The maximum atomic E-state index is 14.9. The van der Waals surface area contributed by atoms with Crippen LogP contribution in [0.1, 0.15) is 52.6 Å². The van der Waals surface area contributed by atoms with E-state index in [4.69, 9.17) is 53.8 Å². The standard InChI is InChI=1S/C49H45Cl3N4O9S2/c1-5-55(29(3)57)49-54-47(28(2)66-49)67(60,61)56-25-36-24-44-43(64-27-45(65-44)34-13-17-38(18-14-34)63-26-31-8-19-39(51)40(52)20-31)23-35(36)22-42(56)46(58)53-41(48(59)62-4)21-30-6-9-32(10-7-30)33-11-15-37(50)16-12-33/h6-20,23-24,41-42,45H,5,21-22,25-27H2,1-4H3,(H,53,58)/t41?,42-,45+/m0/s1. The fraction of sp³-hybridized carbons (Fsp3) is 0.265. The van der Waals surface area contributed by atoms with E-state index in [1.165, 1.54) is 18.9 Å². The lowest BCUT2D eigenvalue weighted by molar-refractivity contribution is -0.145. The zero-order valence-electron chi connectivity index (χ0n) is 36.8. The molecule has 0 radical (unpaired) electrons. The van der Waals surface area contributed by atoms with Crippen LogP contribution in [-0.4, -0.2) is 67.8 Å². The molecule has 3 heterocycles. The van der Waals surface area contributed by atoms with E-state index in [0.717, 1.165) is 43.5 Å². The van der Waals surface area contributed by atoms with Gasteiger partial charge in [0.2, 0.25) is 11.8 Å². The van der Waals surface area contributed by atoms with E-state index in [0.29, 0.717) is 54.9 Å². The Balaban J connectivity index is 1.05. The number of benzene rings is 5. The molecule has 1 N–H and O–H groups in total. The number of ether oxygens (including phenoxy) is 4. The van der Waals surface area contributed by atoms with Crippen LogP contribution in [0.2, 0.25) is 15.1 Å². The molecule has 13 nitrogen and oxygen atoms in total. The van der Waals surface area contributed by atoms with E-state index in [1.807, 2.05) is 66.7 Å². The van der Waals surface area contributed by atoms with Gasteiger partial charge in [-0.05, 0) is 108 Å². The van der Waals surface area contributed by atoms with Gasteiger partial charge in [0.15, 0.2) is 27.8 Å². The first-order valence-electron chi connectivity index (χ1n) is 21.2. The van der Waals surface area contributed by atoms with Crippen molar-refractivity contribution in [3.05, 3.63) is 151 Å². The smallest absolute Gasteiger partial charge is 0.328 e. The second-order valence-corrected chi connectivity index (χ2v) is 20.2. The van der Waals surface area contributed by atoms with Crippen LogP contribution < -0.4 is 24.4 Å². The van der Waals surface area contributed by atoms with Gasteiger partial charge in [-0.2, -0.15) is 4.31 Å². The Morgan fingerprint density at radius 1 is 0.896 bits per heavy atom. The third kappa shape index (κ3) is 10.6. The number of amides is 2. The number of rotatable bonds is 14. The van der Waals surface area contributed by atoms with Crippen LogP contribution in [-0.2, 0) is 55.1 Å².